The van der Waals surface area contributed by atoms with Gasteiger partial charge in [-0.05, 0) is 30.3 Å². The van der Waals surface area contributed by atoms with Crippen LogP contribution in [-0.4, -0.2) is 48.4 Å². The van der Waals surface area contributed by atoms with Gasteiger partial charge in [-0.2, -0.15) is 0 Å². The lowest BCUT2D eigenvalue weighted by Gasteiger charge is -2.40. The first-order chi connectivity index (χ1) is 12.5. The average molecular weight is 352 g/mol. The minimum absolute atomic E-state index is 0.0290. The van der Waals surface area contributed by atoms with Crippen LogP contribution < -0.4 is 11.1 Å². The SMILES string of the molecule is CN1CCN(C(=O)c2ccc(CNC(N)=O)cc2)[C@@H](c2ccccc2)C1. The Hall–Kier alpha value is -2.86. The summed E-state index contributed by atoms with van der Waals surface area (Å²) in [5.41, 5.74) is 7.78. The molecule has 2 aromatic carbocycles. The molecule has 2 aromatic rings. The molecule has 0 unspecified atom stereocenters. The van der Waals surface area contributed by atoms with Crippen molar-refractivity contribution < 1.29 is 9.59 Å². The third kappa shape index (κ3) is 4.21. The van der Waals surface area contributed by atoms with Gasteiger partial charge in [0.15, 0.2) is 0 Å². The number of hydrogen-bond acceptors (Lipinski definition) is 3. The molecular formula is C20H24N4O2. The van der Waals surface area contributed by atoms with Gasteiger partial charge in [-0.25, -0.2) is 4.79 Å². The fourth-order valence-electron chi connectivity index (χ4n) is 3.24. The minimum Gasteiger partial charge on any atom is -0.352 e. The number of primary amides is 1. The van der Waals surface area contributed by atoms with Crippen molar-refractivity contribution in [1.82, 2.24) is 15.1 Å². The first-order valence-corrected chi connectivity index (χ1v) is 8.71. The number of urea groups is 1. The fraction of sp³-hybridized carbons (Fsp3) is 0.300. The zero-order valence-corrected chi connectivity index (χ0v) is 14.9. The molecule has 1 aliphatic rings. The summed E-state index contributed by atoms with van der Waals surface area (Å²) in [7, 11) is 2.08. The number of amides is 3. The topological polar surface area (TPSA) is 78.7 Å². The number of rotatable bonds is 4. The summed E-state index contributed by atoms with van der Waals surface area (Å²) in [5, 5.41) is 2.55. The Bertz CT molecular complexity index is 761. The number of benzene rings is 2. The van der Waals surface area contributed by atoms with E-state index in [1.165, 1.54) is 0 Å². The van der Waals surface area contributed by atoms with E-state index in [2.05, 4.69) is 29.4 Å². The summed E-state index contributed by atoms with van der Waals surface area (Å²) < 4.78 is 0. The van der Waals surface area contributed by atoms with Crippen LogP contribution in [0.3, 0.4) is 0 Å². The highest BCUT2D eigenvalue weighted by molar-refractivity contribution is 5.94. The van der Waals surface area contributed by atoms with Gasteiger partial charge in [-0.1, -0.05) is 42.5 Å². The summed E-state index contributed by atoms with van der Waals surface area (Å²) in [6.07, 6.45) is 0. The molecule has 0 saturated carbocycles. The standard InChI is InChI=1S/C20H24N4O2/c1-23-11-12-24(18(14-23)16-5-3-2-4-6-16)19(25)17-9-7-15(8-10-17)13-22-20(21)26/h2-10,18H,11-14H2,1H3,(H3,21,22,26)/t18-/m1/s1. The van der Waals surface area contributed by atoms with Crippen molar-refractivity contribution in [1.29, 1.82) is 0 Å². The highest BCUT2D eigenvalue weighted by atomic mass is 16.2. The molecule has 6 heteroatoms. The molecule has 0 aromatic heterocycles. The molecule has 3 N–H and O–H groups in total. The van der Waals surface area contributed by atoms with Crippen LogP contribution >= 0.6 is 0 Å². The maximum absolute atomic E-state index is 13.1. The van der Waals surface area contributed by atoms with E-state index in [1.807, 2.05) is 35.2 Å². The third-order valence-electron chi connectivity index (χ3n) is 4.70. The lowest BCUT2D eigenvalue weighted by atomic mass is 10.0. The molecular weight excluding hydrogens is 328 g/mol. The fourth-order valence-corrected chi connectivity index (χ4v) is 3.24. The predicted molar refractivity (Wildman–Crippen MR) is 101 cm³/mol. The zero-order chi connectivity index (χ0) is 18.5. The predicted octanol–water partition coefficient (Wildman–Crippen LogP) is 1.98. The van der Waals surface area contributed by atoms with Crippen molar-refractivity contribution in [3.8, 4) is 0 Å². The molecule has 0 aliphatic carbocycles. The van der Waals surface area contributed by atoms with Gasteiger partial charge in [0.05, 0.1) is 6.04 Å². The summed E-state index contributed by atoms with van der Waals surface area (Å²) in [4.78, 5) is 28.1. The Morgan fingerprint density at radius 1 is 1.08 bits per heavy atom. The number of nitrogens with two attached hydrogens (primary N) is 1. The van der Waals surface area contributed by atoms with Gasteiger partial charge < -0.3 is 20.9 Å². The molecule has 0 spiro atoms. The number of likely N-dealkylation sites (N-methyl/N-ethyl adjacent to an activating group) is 1. The average Bonchev–Trinajstić information content (AvgIpc) is 2.67. The molecule has 1 atom stereocenters. The van der Waals surface area contributed by atoms with Gasteiger partial charge in [0.1, 0.15) is 0 Å². The molecule has 1 saturated heterocycles. The maximum Gasteiger partial charge on any atom is 0.312 e. The first-order valence-electron chi connectivity index (χ1n) is 8.71. The highest BCUT2D eigenvalue weighted by Gasteiger charge is 2.30. The van der Waals surface area contributed by atoms with Crippen molar-refractivity contribution in [3.63, 3.8) is 0 Å². The second kappa shape index (κ2) is 8.01. The number of carbonyl (C=O) groups is 2. The summed E-state index contributed by atoms with van der Waals surface area (Å²) in [5.74, 6) is 0.0290. The molecule has 1 heterocycles. The van der Waals surface area contributed by atoms with E-state index in [-0.39, 0.29) is 11.9 Å². The maximum atomic E-state index is 13.1. The second-order valence-electron chi connectivity index (χ2n) is 6.60. The molecule has 3 amide bonds. The third-order valence-corrected chi connectivity index (χ3v) is 4.70. The first kappa shape index (κ1) is 17.9. The number of nitrogens with one attached hydrogen (secondary N) is 1. The van der Waals surface area contributed by atoms with Crippen LogP contribution in [0.5, 0.6) is 0 Å². The lowest BCUT2D eigenvalue weighted by Crippen LogP contribution is -2.49. The van der Waals surface area contributed by atoms with Gasteiger partial charge in [0, 0.05) is 31.7 Å². The minimum atomic E-state index is -0.562. The smallest absolute Gasteiger partial charge is 0.312 e. The van der Waals surface area contributed by atoms with Crippen molar-refractivity contribution in [2.45, 2.75) is 12.6 Å². The van der Waals surface area contributed by atoms with Crippen LogP contribution in [0.2, 0.25) is 0 Å². The van der Waals surface area contributed by atoms with Crippen LogP contribution in [0.1, 0.15) is 27.5 Å². The van der Waals surface area contributed by atoms with Crippen molar-refractivity contribution >= 4 is 11.9 Å². The van der Waals surface area contributed by atoms with E-state index < -0.39 is 6.03 Å². The Kier molecular flexibility index (Phi) is 5.53. The van der Waals surface area contributed by atoms with Crippen LogP contribution in [0.15, 0.2) is 54.6 Å². The lowest BCUT2D eigenvalue weighted by molar-refractivity contribution is 0.0498. The number of nitrogens with zero attached hydrogens (tertiary/aromatic N) is 2. The molecule has 26 heavy (non-hydrogen) atoms. The molecule has 0 bridgehead atoms. The quantitative estimate of drug-likeness (QED) is 0.883. The van der Waals surface area contributed by atoms with E-state index >= 15 is 0 Å². The Balaban J connectivity index is 1.77. The Morgan fingerprint density at radius 2 is 1.77 bits per heavy atom. The largest absolute Gasteiger partial charge is 0.352 e. The summed E-state index contributed by atoms with van der Waals surface area (Å²) >= 11 is 0. The van der Waals surface area contributed by atoms with E-state index in [1.54, 1.807) is 12.1 Å². The zero-order valence-electron chi connectivity index (χ0n) is 14.9. The van der Waals surface area contributed by atoms with Gasteiger partial charge >= 0.3 is 6.03 Å². The number of piperazine rings is 1. The van der Waals surface area contributed by atoms with Gasteiger partial charge in [-0.3, -0.25) is 4.79 Å². The van der Waals surface area contributed by atoms with E-state index in [0.29, 0.717) is 18.7 Å². The molecule has 0 radical (unpaired) electrons. The van der Waals surface area contributed by atoms with Crippen molar-refractivity contribution in [3.05, 3.63) is 71.3 Å². The highest BCUT2D eigenvalue weighted by Crippen LogP contribution is 2.26. The van der Waals surface area contributed by atoms with E-state index in [9.17, 15) is 9.59 Å². The van der Waals surface area contributed by atoms with Crippen LogP contribution in [-0.2, 0) is 6.54 Å². The van der Waals surface area contributed by atoms with Gasteiger partial charge in [0.2, 0.25) is 0 Å². The molecule has 3 rings (SSSR count). The van der Waals surface area contributed by atoms with Crippen LogP contribution in [0, 0.1) is 0 Å². The normalized spacial score (nSPS) is 17.7. The van der Waals surface area contributed by atoms with E-state index in [0.717, 1.165) is 24.2 Å². The molecule has 1 aliphatic heterocycles. The molecule has 136 valence electrons. The van der Waals surface area contributed by atoms with Crippen LogP contribution in [0.25, 0.3) is 0 Å². The Labute approximate surface area is 153 Å². The molecule has 1 fully saturated rings. The number of carbonyl (C=O) groups excluding carboxylic acids is 2. The van der Waals surface area contributed by atoms with Crippen molar-refractivity contribution in [2.24, 2.45) is 5.73 Å². The van der Waals surface area contributed by atoms with Gasteiger partial charge in [-0.15, -0.1) is 0 Å². The van der Waals surface area contributed by atoms with Crippen molar-refractivity contribution in [2.75, 3.05) is 26.7 Å². The molecule has 6 nitrogen and oxygen atoms in total. The van der Waals surface area contributed by atoms with Gasteiger partial charge in [0.25, 0.3) is 5.91 Å². The van der Waals surface area contributed by atoms with E-state index in [4.69, 9.17) is 5.73 Å². The monoisotopic (exact) mass is 352 g/mol. The summed E-state index contributed by atoms with van der Waals surface area (Å²) in [6.45, 7) is 2.72. The Morgan fingerprint density at radius 3 is 2.42 bits per heavy atom. The summed E-state index contributed by atoms with van der Waals surface area (Å²) in [6, 6.07) is 16.9. The second-order valence-corrected chi connectivity index (χ2v) is 6.60. The van der Waals surface area contributed by atoms with Crippen LogP contribution in [0.4, 0.5) is 4.79 Å². The number of hydrogen-bond donors (Lipinski definition) is 2.